The zero-order valence-corrected chi connectivity index (χ0v) is 9.41. The van der Waals surface area contributed by atoms with E-state index < -0.39 is 6.10 Å². The summed E-state index contributed by atoms with van der Waals surface area (Å²) >= 11 is 0. The Morgan fingerprint density at radius 3 is 2.50 bits per heavy atom. The SMILES string of the molecule is CC(C)C(O)c1cnn(-c2ccccc2)n1. The van der Waals surface area contributed by atoms with E-state index in [1.807, 2.05) is 44.2 Å². The molecule has 2 aromatic rings. The molecule has 0 saturated carbocycles. The smallest absolute Gasteiger partial charge is 0.112 e. The maximum absolute atomic E-state index is 9.84. The average Bonchev–Trinajstić information content (AvgIpc) is 2.78. The minimum atomic E-state index is -0.558. The summed E-state index contributed by atoms with van der Waals surface area (Å²) < 4.78 is 0. The molecular formula is C12H15N3O. The Kier molecular flexibility index (Phi) is 3.01. The van der Waals surface area contributed by atoms with E-state index >= 15 is 0 Å². The quantitative estimate of drug-likeness (QED) is 0.855. The van der Waals surface area contributed by atoms with Gasteiger partial charge in [-0.3, -0.25) is 0 Å². The van der Waals surface area contributed by atoms with Crippen LogP contribution < -0.4 is 0 Å². The van der Waals surface area contributed by atoms with Crippen LogP contribution in [-0.2, 0) is 0 Å². The molecule has 0 saturated heterocycles. The van der Waals surface area contributed by atoms with Crippen molar-refractivity contribution in [2.45, 2.75) is 20.0 Å². The molecular weight excluding hydrogens is 202 g/mol. The first-order chi connectivity index (χ1) is 7.68. The first kappa shape index (κ1) is 10.8. The van der Waals surface area contributed by atoms with E-state index in [-0.39, 0.29) is 5.92 Å². The topological polar surface area (TPSA) is 50.9 Å². The zero-order chi connectivity index (χ0) is 11.5. The molecule has 1 N–H and O–H groups in total. The lowest BCUT2D eigenvalue weighted by molar-refractivity contribution is 0.122. The van der Waals surface area contributed by atoms with E-state index in [4.69, 9.17) is 0 Å². The number of nitrogens with zero attached hydrogens (tertiary/aromatic N) is 3. The Labute approximate surface area is 94.5 Å². The van der Waals surface area contributed by atoms with Crippen LogP contribution in [0.25, 0.3) is 5.69 Å². The van der Waals surface area contributed by atoms with E-state index in [1.165, 1.54) is 4.80 Å². The molecule has 0 aliphatic carbocycles. The molecule has 84 valence electrons. The predicted octanol–water partition coefficient (Wildman–Crippen LogP) is 1.96. The van der Waals surface area contributed by atoms with Crippen LogP contribution in [0.5, 0.6) is 0 Å². The van der Waals surface area contributed by atoms with Crippen molar-refractivity contribution in [2.24, 2.45) is 5.92 Å². The predicted molar refractivity (Wildman–Crippen MR) is 61.2 cm³/mol. The van der Waals surface area contributed by atoms with Crippen LogP contribution >= 0.6 is 0 Å². The fourth-order valence-corrected chi connectivity index (χ4v) is 1.44. The van der Waals surface area contributed by atoms with Gasteiger partial charge in [0.2, 0.25) is 0 Å². The third-order valence-electron chi connectivity index (χ3n) is 2.43. The summed E-state index contributed by atoms with van der Waals surface area (Å²) in [4.78, 5) is 1.53. The van der Waals surface area contributed by atoms with Gasteiger partial charge in [0, 0.05) is 0 Å². The van der Waals surface area contributed by atoms with Gasteiger partial charge in [-0.25, -0.2) is 0 Å². The fourth-order valence-electron chi connectivity index (χ4n) is 1.44. The standard InChI is InChI=1S/C12H15N3O/c1-9(2)12(16)11-8-13-15(14-11)10-6-4-3-5-7-10/h3-9,12,16H,1-2H3. The monoisotopic (exact) mass is 217 g/mol. The number of rotatable bonds is 3. The molecule has 4 heteroatoms. The van der Waals surface area contributed by atoms with Gasteiger partial charge in [0.15, 0.2) is 0 Å². The van der Waals surface area contributed by atoms with Crippen LogP contribution in [0.15, 0.2) is 36.5 Å². The van der Waals surface area contributed by atoms with Gasteiger partial charge in [0.25, 0.3) is 0 Å². The highest BCUT2D eigenvalue weighted by atomic mass is 16.3. The van der Waals surface area contributed by atoms with Gasteiger partial charge in [-0.2, -0.15) is 15.0 Å². The number of hydrogen-bond acceptors (Lipinski definition) is 3. The van der Waals surface area contributed by atoms with Crippen molar-refractivity contribution in [2.75, 3.05) is 0 Å². The lowest BCUT2D eigenvalue weighted by atomic mass is 10.1. The summed E-state index contributed by atoms with van der Waals surface area (Å²) in [7, 11) is 0. The molecule has 1 atom stereocenters. The van der Waals surface area contributed by atoms with Crippen molar-refractivity contribution in [1.29, 1.82) is 0 Å². The molecule has 0 aliphatic rings. The van der Waals surface area contributed by atoms with E-state index in [0.29, 0.717) is 5.69 Å². The molecule has 0 fully saturated rings. The van der Waals surface area contributed by atoms with Crippen LogP contribution in [0.1, 0.15) is 25.6 Å². The lowest BCUT2D eigenvalue weighted by Crippen LogP contribution is -2.07. The number of benzene rings is 1. The molecule has 1 aromatic carbocycles. The van der Waals surface area contributed by atoms with Gasteiger partial charge in [-0.05, 0) is 18.1 Å². The molecule has 2 rings (SSSR count). The third-order valence-corrected chi connectivity index (χ3v) is 2.43. The van der Waals surface area contributed by atoms with Crippen molar-refractivity contribution in [3.05, 3.63) is 42.2 Å². The zero-order valence-electron chi connectivity index (χ0n) is 9.41. The van der Waals surface area contributed by atoms with Gasteiger partial charge in [-0.1, -0.05) is 32.0 Å². The third kappa shape index (κ3) is 2.12. The van der Waals surface area contributed by atoms with Crippen LogP contribution in [0, 0.1) is 5.92 Å². The minimum Gasteiger partial charge on any atom is -0.386 e. The second-order valence-electron chi connectivity index (χ2n) is 4.08. The molecule has 0 spiro atoms. The van der Waals surface area contributed by atoms with Gasteiger partial charge in [0.1, 0.15) is 11.8 Å². The highest BCUT2D eigenvalue weighted by Gasteiger charge is 2.15. The molecule has 0 amide bonds. The van der Waals surface area contributed by atoms with E-state index in [2.05, 4.69) is 10.2 Å². The molecule has 0 aliphatic heterocycles. The van der Waals surface area contributed by atoms with Crippen molar-refractivity contribution in [3.8, 4) is 5.69 Å². The van der Waals surface area contributed by atoms with Crippen molar-refractivity contribution in [3.63, 3.8) is 0 Å². The van der Waals surface area contributed by atoms with E-state index in [0.717, 1.165) is 5.69 Å². The second-order valence-corrected chi connectivity index (χ2v) is 4.08. The molecule has 1 aromatic heterocycles. The normalized spacial score (nSPS) is 13.0. The maximum atomic E-state index is 9.84. The number of aromatic nitrogens is 3. The summed E-state index contributed by atoms with van der Waals surface area (Å²) in [6.45, 7) is 3.90. The number of hydrogen-bond donors (Lipinski definition) is 1. The van der Waals surface area contributed by atoms with E-state index in [9.17, 15) is 5.11 Å². The second kappa shape index (κ2) is 4.45. The minimum absolute atomic E-state index is 0.140. The Balaban J connectivity index is 2.27. The van der Waals surface area contributed by atoms with Gasteiger partial charge in [0.05, 0.1) is 11.9 Å². The fraction of sp³-hybridized carbons (Fsp3) is 0.333. The van der Waals surface area contributed by atoms with Crippen LogP contribution in [0.4, 0.5) is 0 Å². The Morgan fingerprint density at radius 2 is 1.88 bits per heavy atom. The molecule has 1 heterocycles. The summed E-state index contributed by atoms with van der Waals surface area (Å²) in [5.41, 5.74) is 1.50. The Hall–Kier alpha value is -1.68. The van der Waals surface area contributed by atoms with Gasteiger partial charge < -0.3 is 5.11 Å². The van der Waals surface area contributed by atoms with Crippen molar-refractivity contribution in [1.82, 2.24) is 15.0 Å². The van der Waals surface area contributed by atoms with Crippen LogP contribution in [-0.4, -0.2) is 20.1 Å². The summed E-state index contributed by atoms with van der Waals surface area (Å²) in [6.07, 6.45) is 1.05. The highest BCUT2D eigenvalue weighted by Crippen LogP contribution is 2.18. The largest absolute Gasteiger partial charge is 0.386 e. The van der Waals surface area contributed by atoms with E-state index in [1.54, 1.807) is 6.20 Å². The molecule has 1 unspecified atom stereocenters. The summed E-state index contributed by atoms with van der Waals surface area (Å²) in [6, 6.07) is 9.64. The molecule has 4 nitrogen and oxygen atoms in total. The molecule has 16 heavy (non-hydrogen) atoms. The number of para-hydroxylation sites is 1. The number of aliphatic hydroxyl groups is 1. The number of aliphatic hydroxyl groups excluding tert-OH is 1. The van der Waals surface area contributed by atoms with Gasteiger partial charge >= 0.3 is 0 Å². The van der Waals surface area contributed by atoms with Gasteiger partial charge in [-0.15, -0.1) is 0 Å². The van der Waals surface area contributed by atoms with Crippen molar-refractivity contribution < 1.29 is 5.11 Å². The highest BCUT2D eigenvalue weighted by molar-refractivity contribution is 5.28. The maximum Gasteiger partial charge on any atom is 0.112 e. The molecule has 0 radical (unpaired) electrons. The Morgan fingerprint density at radius 1 is 1.19 bits per heavy atom. The average molecular weight is 217 g/mol. The van der Waals surface area contributed by atoms with Crippen LogP contribution in [0.2, 0.25) is 0 Å². The molecule has 0 bridgehead atoms. The summed E-state index contributed by atoms with van der Waals surface area (Å²) in [5, 5.41) is 18.2. The Bertz CT molecular complexity index is 450. The van der Waals surface area contributed by atoms with Crippen LogP contribution in [0.3, 0.4) is 0 Å². The summed E-state index contributed by atoms with van der Waals surface area (Å²) in [5.74, 6) is 0.140. The van der Waals surface area contributed by atoms with Crippen molar-refractivity contribution >= 4 is 0 Å². The first-order valence-electron chi connectivity index (χ1n) is 5.34. The first-order valence-corrected chi connectivity index (χ1v) is 5.34. The lowest BCUT2D eigenvalue weighted by Gasteiger charge is -2.10.